The van der Waals surface area contributed by atoms with Gasteiger partial charge in [0, 0.05) is 6.21 Å². The summed E-state index contributed by atoms with van der Waals surface area (Å²) in [6, 6.07) is 3.94. The molecule has 76 valence electrons. The van der Waals surface area contributed by atoms with Crippen LogP contribution in [0.25, 0.3) is 0 Å². The van der Waals surface area contributed by atoms with Gasteiger partial charge in [-0.25, -0.2) is 0 Å². The highest BCUT2D eigenvalue weighted by Crippen LogP contribution is 2.25. The molecular weight excluding hydrogens is 174 g/mol. The Bertz CT molecular complexity index is 319. The monoisotopic (exact) mass is 191 g/mol. The van der Waals surface area contributed by atoms with E-state index in [0.29, 0.717) is 0 Å². The molecule has 0 saturated heterocycles. The predicted octanol–water partition coefficient (Wildman–Crippen LogP) is 3.09. The molecule has 0 amide bonds. The van der Waals surface area contributed by atoms with Crippen LogP contribution in [0.15, 0.2) is 12.1 Å². The predicted molar refractivity (Wildman–Crippen MR) is 59.6 cm³/mol. The first-order chi connectivity index (χ1) is 6.54. The molecule has 1 rings (SSSR count). The first-order valence-corrected chi connectivity index (χ1v) is 4.83. The summed E-state index contributed by atoms with van der Waals surface area (Å²) < 4.78 is 5.70. The maximum atomic E-state index is 7.18. The summed E-state index contributed by atoms with van der Waals surface area (Å²) in [5.74, 6) is 0.950. The number of hydrogen-bond acceptors (Lipinski definition) is 2. The highest BCUT2D eigenvalue weighted by atomic mass is 16.5. The topological polar surface area (TPSA) is 33.1 Å². The Balaban J connectivity index is 3.11. The average Bonchev–Trinajstić information content (AvgIpc) is 2.10. The van der Waals surface area contributed by atoms with Gasteiger partial charge in [0.25, 0.3) is 0 Å². The number of hydrogen-bond donors (Lipinski definition) is 1. The lowest BCUT2D eigenvalue weighted by Gasteiger charge is -2.15. The SMILES string of the molecule is Cc1cc(C=N)cc(C)c1OC(C)C. The van der Waals surface area contributed by atoms with Crippen LogP contribution in [0.5, 0.6) is 5.75 Å². The molecule has 0 fully saturated rings. The fourth-order valence-electron chi connectivity index (χ4n) is 1.49. The van der Waals surface area contributed by atoms with E-state index < -0.39 is 0 Å². The maximum absolute atomic E-state index is 7.18. The van der Waals surface area contributed by atoms with E-state index in [-0.39, 0.29) is 6.10 Å². The molecule has 0 radical (unpaired) electrons. The molecule has 0 spiro atoms. The van der Waals surface area contributed by atoms with Crippen LogP contribution in [0.2, 0.25) is 0 Å². The van der Waals surface area contributed by atoms with Crippen LogP contribution in [0.1, 0.15) is 30.5 Å². The second kappa shape index (κ2) is 4.27. The third-order valence-electron chi connectivity index (χ3n) is 2.00. The van der Waals surface area contributed by atoms with Crippen LogP contribution in [0, 0.1) is 19.3 Å². The Kier molecular flexibility index (Phi) is 3.28. The summed E-state index contributed by atoms with van der Waals surface area (Å²) in [5.41, 5.74) is 3.12. The third kappa shape index (κ3) is 2.34. The number of nitrogens with one attached hydrogen (secondary N) is 1. The Morgan fingerprint density at radius 2 is 1.71 bits per heavy atom. The van der Waals surface area contributed by atoms with E-state index in [1.807, 2.05) is 39.8 Å². The molecule has 2 nitrogen and oxygen atoms in total. The second-order valence-electron chi connectivity index (χ2n) is 3.79. The first kappa shape index (κ1) is 10.8. The van der Waals surface area contributed by atoms with Gasteiger partial charge in [-0.1, -0.05) is 0 Å². The number of ether oxygens (including phenoxy) is 1. The quantitative estimate of drug-likeness (QED) is 0.732. The number of benzene rings is 1. The van der Waals surface area contributed by atoms with E-state index >= 15 is 0 Å². The summed E-state index contributed by atoms with van der Waals surface area (Å²) in [7, 11) is 0. The van der Waals surface area contributed by atoms with Gasteiger partial charge >= 0.3 is 0 Å². The molecular formula is C12H17NO. The molecule has 0 aliphatic heterocycles. The smallest absolute Gasteiger partial charge is 0.125 e. The average molecular weight is 191 g/mol. The largest absolute Gasteiger partial charge is 0.490 e. The van der Waals surface area contributed by atoms with Crippen molar-refractivity contribution in [1.82, 2.24) is 0 Å². The minimum atomic E-state index is 0.193. The van der Waals surface area contributed by atoms with Gasteiger partial charge in [0.05, 0.1) is 6.10 Å². The van der Waals surface area contributed by atoms with E-state index in [9.17, 15) is 0 Å². The van der Waals surface area contributed by atoms with Crippen molar-refractivity contribution >= 4 is 6.21 Å². The van der Waals surface area contributed by atoms with Gasteiger partial charge in [-0.05, 0) is 56.5 Å². The zero-order valence-corrected chi connectivity index (χ0v) is 9.22. The van der Waals surface area contributed by atoms with Gasteiger partial charge in [0.15, 0.2) is 0 Å². The summed E-state index contributed by atoms with van der Waals surface area (Å²) in [6.45, 7) is 8.06. The van der Waals surface area contributed by atoms with Gasteiger partial charge in [-0.15, -0.1) is 0 Å². The first-order valence-electron chi connectivity index (χ1n) is 4.83. The highest BCUT2D eigenvalue weighted by Gasteiger charge is 2.06. The molecule has 0 aliphatic rings. The number of aryl methyl sites for hydroxylation is 2. The van der Waals surface area contributed by atoms with E-state index in [0.717, 1.165) is 22.4 Å². The lowest BCUT2D eigenvalue weighted by Crippen LogP contribution is -2.08. The lowest BCUT2D eigenvalue weighted by atomic mass is 10.1. The fourth-order valence-corrected chi connectivity index (χ4v) is 1.49. The second-order valence-corrected chi connectivity index (χ2v) is 3.79. The molecule has 2 heteroatoms. The Morgan fingerprint density at radius 3 is 2.07 bits per heavy atom. The van der Waals surface area contributed by atoms with Crippen molar-refractivity contribution in [2.24, 2.45) is 0 Å². The van der Waals surface area contributed by atoms with Crippen LogP contribution in [0.4, 0.5) is 0 Å². The fraction of sp³-hybridized carbons (Fsp3) is 0.417. The summed E-state index contributed by atoms with van der Waals surface area (Å²) >= 11 is 0. The standard InChI is InChI=1S/C12H17NO/c1-8(2)14-12-9(3)5-11(7-13)6-10(12)4/h5-8,13H,1-4H3. The van der Waals surface area contributed by atoms with Crippen LogP contribution < -0.4 is 4.74 Å². The van der Waals surface area contributed by atoms with Crippen LogP contribution in [-0.4, -0.2) is 12.3 Å². The lowest BCUT2D eigenvalue weighted by molar-refractivity contribution is 0.239. The molecule has 0 aromatic heterocycles. The van der Waals surface area contributed by atoms with Crippen molar-refractivity contribution in [3.05, 3.63) is 28.8 Å². The van der Waals surface area contributed by atoms with Gasteiger partial charge in [0.1, 0.15) is 5.75 Å². The minimum absolute atomic E-state index is 0.193. The zero-order chi connectivity index (χ0) is 10.7. The molecule has 0 bridgehead atoms. The summed E-state index contributed by atoms with van der Waals surface area (Å²) in [6.07, 6.45) is 1.55. The van der Waals surface area contributed by atoms with E-state index in [4.69, 9.17) is 10.1 Å². The normalized spacial score (nSPS) is 10.4. The number of rotatable bonds is 3. The zero-order valence-electron chi connectivity index (χ0n) is 9.22. The van der Waals surface area contributed by atoms with Gasteiger partial charge in [-0.2, -0.15) is 0 Å². The van der Waals surface area contributed by atoms with E-state index in [1.54, 1.807) is 0 Å². The molecule has 1 aromatic carbocycles. The molecule has 0 atom stereocenters. The summed E-state index contributed by atoms with van der Waals surface area (Å²) in [4.78, 5) is 0. The van der Waals surface area contributed by atoms with Crippen molar-refractivity contribution in [2.45, 2.75) is 33.8 Å². The maximum Gasteiger partial charge on any atom is 0.125 e. The van der Waals surface area contributed by atoms with E-state index in [2.05, 4.69) is 0 Å². The molecule has 0 aliphatic carbocycles. The Labute approximate surface area is 85.4 Å². The van der Waals surface area contributed by atoms with Crippen molar-refractivity contribution in [1.29, 1.82) is 5.41 Å². The highest BCUT2D eigenvalue weighted by molar-refractivity contribution is 5.78. The van der Waals surface area contributed by atoms with Gasteiger partial charge in [-0.3, -0.25) is 0 Å². The van der Waals surface area contributed by atoms with E-state index in [1.165, 1.54) is 6.21 Å². The molecule has 1 N–H and O–H groups in total. The molecule has 0 saturated carbocycles. The van der Waals surface area contributed by atoms with Gasteiger partial charge < -0.3 is 10.1 Å². The molecule has 0 heterocycles. The Hall–Kier alpha value is -1.31. The van der Waals surface area contributed by atoms with Crippen LogP contribution in [-0.2, 0) is 0 Å². The van der Waals surface area contributed by atoms with Gasteiger partial charge in [0.2, 0.25) is 0 Å². The van der Waals surface area contributed by atoms with Crippen LogP contribution in [0.3, 0.4) is 0 Å². The molecule has 14 heavy (non-hydrogen) atoms. The molecule has 1 aromatic rings. The van der Waals surface area contributed by atoms with Crippen molar-refractivity contribution in [2.75, 3.05) is 0 Å². The molecule has 0 unspecified atom stereocenters. The van der Waals surface area contributed by atoms with Crippen molar-refractivity contribution in [3.8, 4) is 5.75 Å². The summed E-state index contributed by atoms with van der Waals surface area (Å²) in [5, 5.41) is 7.18. The van der Waals surface area contributed by atoms with Crippen molar-refractivity contribution < 1.29 is 4.74 Å². The Morgan fingerprint density at radius 1 is 1.21 bits per heavy atom. The minimum Gasteiger partial charge on any atom is -0.490 e. The third-order valence-corrected chi connectivity index (χ3v) is 2.00. The van der Waals surface area contributed by atoms with Crippen molar-refractivity contribution in [3.63, 3.8) is 0 Å². The van der Waals surface area contributed by atoms with Crippen LogP contribution >= 0.6 is 0 Å².